The first-order chi connectivity index (χ1) is 10.6. The molecular formula is C17H24N2O3. The molecule has 5 heteroatoms. The van der Waals surface area contributed by atoms with E-state index in [2.05, 4.69) is 17.1 Å². The summed E-state index contributed by atoms with van der Waals surface area (Å²) in [5.74, 6) is -1.22. The van der Waals surface area contributed by atoms with E-state index < -0.39 is 5.97 Å². The molecule has 22 heavy (non-hydrogen) atoms. The molecule has 1 amide bonds. The van der Waals surface area contributed by atoms with Gasteiger partial charge >= 0.3 is 5.97 Å². The normalized spacial score (nSPS) is 18.0. The molecule has 1 aromatic rings. The predicted molar refractivity (Wildman–Crippen MR) is 87.2 cm³/mol. The Hall–Kier alpha value is -2.04. The lowest BCUT2D eigenvalue weighted by molar-refractivity contribution is -0.138. The van der Waals surface area contributed by atoms with Crippen LogP contribution in [0.1, 0.15) is 45.4 Å². The number of hydrogen-bond acceptors (Lipinski definition) is 3. The number of rotatable bonds is 6. The first-order valence-electron chi connectivity index (χ1n) is 7.98. The minimum absolute atomic E-state index is 0.00111. The fourth-order valence-corrected chi connectivity index (χ4v) is 2.95. The number of amides is 1. The molecule has 5 nitrogen and oxygen atoms in total. The summed E-state index contributed by atoms with van der Waals surface area (Å²) in [4.78, 5) is 24.5. The minimum Gasteiger partial charge on any atom is -0.481 e. The van der Waals surface area contributed by atoms with Crippen molar-refractivity contribution in [2.45, 2.75) is 51.5 Å². The Bertz CT molecular complexity index is 513. The molecule has 1 aromatic carbocycles. The molecule has 2 N–H and O–H groups in total. The molecule has 1 aliphatic heterocycles. The van der Waals surface area contributed by atoms with Crippen LogP contribution in [0.25, 0.3) is 0 Å². The monoisotopic (exact) mass is 304 g/mol. The van der Waals surface area contributed by atoms with Crippen LogP contribution in [0.2, 0.25) is 0 Å². The van der Waals surface area contributed by atoms with Gasteiger partial charge in [-0.3, -0.25) is 9.59 Å². The third kappa shape index (κ3) is 4.48. The van der Waals surface area contributed by atoms with Gasteiger partial charge in [-0.2, -0.15) is 0 Å². The zero-order valence-electron chi connectivity index (χ0n) is 13.0. The molecule has 2 rings (SSSR count). The third-order valence-corrected chi connectivity index (χ3v) is 4.15. The number of hydrogen-bond donors (Lipinski definition) is 2. The van der Waals surface area contributed by atoms with Gasteiger partial charge in [-0.1, -0.05) is 6.92 Å². The number of carbonyl (C=O) groups excluding carboxylic acids is 1. The summed E-state index contributed by atoms with van der Waals surface area (Å²) in [6.45, 7) is 3.31. The van der Waals surface area contributed by atoms with Crippen LogP contribution in [0.5, 0.6) is 0 Å². The van der Waals surface area contributed by atoms with Gasteiger partial charge in [-0.05, 0) is 49.9 Å². The number of carboxylic acids is 1. The van der Waals surface area contributed by atoms with Crippen molar-refractivity contribution in [1.29, 1.82) is 0 Å². The van der Waals surface area contributed by atoms with Crippen LogP contribution in [0.3, 0.4) is 0 Å². The molecule has 0 aliphatic carbocycles. The van der Waals surface area contributed by atoms with Crippen molar-refractivity contribution >= 4 is 23.3 Å². The van der Waals surface area contributed by atoms with Crippen molar-refractivity contribution in [3.8, 4) is 0 Å². The number of carbonyl (C=O) groups is 2. The minimum atomic E-state index is -0.957. The number of aliphatic carboxylic acids is 1. The van der Waals surface area contributed by atoms with E-state index in [1.165, 1.54) is 24.9 Å². The first kappa shape index (κ1) is 16.3. The lowest BCUT2D eigenvalue weighted by atomic mass is 9.99. The van der Waals surface area contributed by atoms with E-state index in [4.69, 9.17) is 5.11 Å². The van der Waals surface area contributed by atoms with E-state index in [0.29, 0.717) is 11.7 Å². The van der Waals surface area contributed by atoms with Crippen molar-refractivity contribution < 1.29 is 14.7 Å². The Morgan fingerprint density at radius 2 is 1.95 bits per heavy atom. The molecule has 1 heterocycles. The molecule has 1 fully saturated rings. The van der Waals surface area contributed by atoms with Crippen LogP contribution in [0.4, 0.5) is 11.4 Å². The first-order valence-corrected chi connectivity index (χ1v) is 7.98. The van der Waals surface area contributed by atoms with E-state index >= 15 is 0 Å². The van der Waals surface area contributed by atoms with Gasteiger partial charge in [0.15, 0.2) is 0 Å². The summed E-state index contributed by atoms with van der Waals surface area (Å²) >= 11 is 0. The maximum absolute atomic E-state index is 11.6. The Balaban J connectivity index is 1.94. The van der Waals surface area contributed by atoms with Crippen LogP contribution >= 0.6 is 0 Å². The number of benzene rings is 1. The molecule has 1 aliphatic rings. The second kappa shape index (κ2) is 7.82. The molecule has 0 saturated carbocycles. The van der Waals surface area contributed by atoms with Gasteiger partial charge in [0.1, 0.15) is 0 Å². The SMILES string of the molecule is CC[C@H]1CCCCN1c1ccc(NC(=O)CCC(=O)O)cc1. The van der Waals surface area contributed by atoms with Gasteiger partial charge in [0, 0.05) is 30.4 Å². The molecule has 0 aromatic heterocycles. The highest BCUT2D eigenvalue weighted by Crippen LogP contribution is 2.27. The number of nitrogens with one attached hydrogen (secondary N) is 1. The Kier molecular flexibility index (Phi) is 5.81. The van der Waals surface area contributed by atoms with Gasteiger partial charge in [0.2, 0.25) is 5.91 Å². The van der Waals surface area contributed by atoms with Gasteiger partial charge in [-0.15, -0.1) is 0 Å². The van der Waals surface area contributed by atoms with Crippen molar-refractivity contribution in [3.05, 3.63) is 24.3 Å². The third-order valence-electron chi connectivity index (χ3n) is 4.15. The average Bonchev–Trinajstić information content (AvgIpc) is 2.53. The van der Waals surface area contributed by atoms with E-state index in [9.17, 15) is 9.59 Å². The number of nitrogens with zero attached hydrogens (tertiary/aromatic N) is 1. The largest absolute Gasteiger partial charge is 0.481 e. The molecular weight excluding hydrogens is 280 g/mol. The topological polar surface area (TPSA) is 69.6 Å². The maximum atomic E-state index is 11.6. The van der Waals surface area contributed by atoms with Crippen molar-refractivity contribution in [1.82, 2.24) is 0 Å². The van der Waals surface area contributed by atoms with Gasteiger partial charge in [-0.25, -0.2) is 0 Å². The lowest BCUT2D eigenvalue weighted by Gasteiger charge is -2.37. The predicted octanol–water partition coefficient (Wildman–Crippen LogP) is 3.26. The molecule has 120 valence electrons. The summed E-state index contributed by atoms with van der Waals surface area (Å²) in [5, 5.41) is 11.3. The highest BCUT2D eigenvalue weighted by molar-refractivity contribution is 5.92. The highest BCUT2D eigenvalue weighted by Gasteiger charge is 2.20. The van der Waals surface area contributed by atoms with Crippen LogP contribution in [0, 0.1) is 0 Å². The Morgan fingerprint density at radius 3 is 2.59 bits per heavy atom. The number of anilines is 2. The lowest BCUT2D eigenvalue weighted by Crippen LogP contribution is -2.39. The van der Waals surface area contributed by atoms with Crippen molar-refractivity contribution in [2.75, 3.05) is 16.8 Å². The molecule has 0 spiro atoms. The van der Waals surface area contributed by atoms with Gasteiger partial charge < -0.3 is 15.3 Å². The van der Waals surface area contributed by atoms with Gasteiger partial charge in [0.25, 0.3) is 0 Å². The fraction of sp³-hybridized carbons (Fsp3) is 0.529. The van der Waals surface area contributed by atoms with E-state index in [0.717, 1.165) is 13.0 Å². The Labute approximate surface area is 131 Å². The summed E-state index contributed by atoms with van der Waals surface area (Å²) in [5.41, 5.74) is 1.90. The van der Waals surface area contributed by atoms with Crippen LogP contribution in [-0.2, 0) is 9.59 Å². The second-order valence-electron chi connectivity index (χ2n) is 5.74. The van der Waals surface area contributed by atoms with E-state index in [1.54, 1.807) is 0 Å². The summed E-state index contributed by atoms with van der Waals surface area (Å²) in [7, 11) is 0. The zero-order chi connectivity index (χ0) is 15.9. The number of carboxylic acid groups (broad SMARTS) is 1. The van der Waals surface area contributed by atoms with Gasteiger partial charge in [0.05, 0.1) is 6.42 Å². The molecule has 1 saturated heterocycles. The molecule has 0 unspecified atom stereocenters. The Morgan fingerprint density at radius 1 is 1.23 bits per heavy atom. The summed E-state index contributed by atoms with van der Waals surface area (Å²) in [6, 6.07) is 8.43. The van der Waals surface area contributed by atoms with Crippen LogP contribution < -0.4 is 10.2 Å². The quantitative estimate of drug-likeness (QED) is 0.846. The summed E-state index contributed by atoms with van der Waals surface area (Å²) in [6.07, 6.45) is 4.77. The smallest absolute Gasteiger partial charge is 0.303 e. The molecule has 1 atom stereocenters. The number of piperidine rings is 1. The van der Waals surface area contributed by atoms with Crippen LogP contribution in [0.15, 0.2) is 24.3 Å². The average molecular weight is 304 g/mol. The second-order valence-corrected chi connectivity index (χ2v) is 5.74. The summed E-state index contributed by atoms with van der Waals surface area (Å²) < 4.78 is 0. The van der Waals surface area contributed by atoms with Crippen molar-refractivity contribution in [3.63, 3.8) is 0 Å². The fourth-order valence-electron chi connectivity index (χ4n) is 2.95. The van der Waals surface area contributed by atoms with Crippen molar-refractivity contribution in [2.24, 2.45) is 0 Å². The van der Waals surface area contributed by atoms with Crippen LogP contribution in [-0.4, -0.2) is 29.6 Å². The van der Waals surface area contributed by atoms with E-state index in [1.807, 2.05) is 24.3 Å². The highest BCUT2D eigenvalue weighted by atomic mass is 16.4. The van der Waals surface area contributed by atoms with E-state index in [-0.39, 0.29) is 18.7 Å². The zero-order valence-corrected chi connectivity index (χ0v) is 13.0. The standard InChI is InChI=1S/C17H24N2O3/c1-2-14-5-3-4-12-19(14)15-8-6-13(7-9-15)18-16(20)10-11-17(21)22/h6-9,14H,2-5,10-12H2,1H3,(H,18,20)(H,21,22)/t14-/m0/s1. The molecule has 0 radical (unpaired) electrons. The molecule has 0 bridgehead atoms. The maximum Gasteiger partial charge on any atom is 0.303 e.